The number of aromatic nitrogens is 3. The van der Waals surface area contributed by atoms with Gasteiger partial charge in [0.15, 0.2) is 13.0 Å². The average molecular weight is 237 g/mol. The predicted octanol–water partition coefficient (Wildman–Crippen LogP) is -0.182. The number of hydrogen-bond donors (Lipinski definition) is 0. The molecule has 16 heavy (non-hydrogen) atoms. The molecule has 0 fully saturated rings. The molecule has 2 aromatic heterocycles. The number of hydrogen-bond acceptors (Lipinski definition) is 4. The Hall–Kier alpha value is -1.56. The lowest BCUT2D eigenvalue weighted by molar-refractivity contribution is 0.0529. The van der Waals surface area contributed by atoms with Crippen LogP contribution in [0.1, 0.15) is 17.3 Å². The van der Waals surface area contributed by atoms with E-state index in [0.29, 0.717) is 17.7 Å². The fourth-order valence-corrected chi connectivity index (χ4v) is 1.76. The molecule has 0 aliphatic heterocycles. The first-order chi connectivity index (χ1) is 7.65. The molecule has 0 atom stereocenters. The third-order valence-electron chi connectivity index (χ3n) is 2.18. The molecule has 0 aliphatic carbocycles. The number of carbonyl (C=O) groups excluding carboxylic acids is 1. The summed E-state index contributed by atoms with van der Waals surface area (Å²) in [6.07, 6.45) is 1.34. The third kappa shape index (κ3) is 1.65. The van der Waals surface area contributed by atoms with Crippen molar-refractivity contribution >= 4 is 36.5 Å². The molecular formula is C9H9BClN3O2. The minimum atomic E-state index is -0.412. The second-order valence-corrected chi connectivity index (χ2v) is 3.59. The molecule has 0 aromatic carbocycles. The summed E-state index contributed by atoms with van der Waals surface area (Å²) in [6.45, 7) is 2.07. The largest absolute Gasteiger partial charge is 0.462 e. The molecule has 2 aromatic rings. The van der Waals surface area contributed by atoms with Gasteiger partial charge < -0.3 is 4.74 Å². The van der Waals surface area contributed by atoms with E-state index in [2.05, 4.69) is 10.1 Å². The third-order valence-corrected chi connectivity index (χ3v) is 2.46. The highest BCUT2D eigenvalue weighted by molar-refractivity contribution is 6.36. The van der Waals surface area contributed by atoms with Gasteiger partial charge in [-0.05, 0) is 18.6 Å². The van der Waals surface area contributed by atoms with Crippen LogP contribution in [-0.4, -0.2) is 35.0 Å². The first-order valence-corrected chi connectivity index (χ1v) is 5.19. The van der Waals surface area contributed by atoms with Crippen LogP contribution in [0.25, 0.3) is 5.52 Å². The normalized spacial score (nSPS) is 10.6. The van der Waals surface area contributed by atoms with E-state index in [1.165, 1.54) is 6.33 Å². The standard InChI is InChI=1S/C9H9BClN3O2/c1-2-16-9(15)5-3-6(10)14-7(5)8(11)12-4-13-14/h3-4H,2,10H2,1H3. The maximum Gasteiger partial charge on any atom is 0.340 e. The van der Waals surface area contributed by atoms with Crippen LogP contribution in [0.5, 0.6) is 0 Å². The Balaban J connectivity index is 2.66. The minimum Gasteiger partial charge on any atom is -0.462 e. The summed E-state index contributed by atoms with van der Waals surface area (Å²) < 4.78 is 6.51. The van der Waals surface area contributed by atoms with Gasteiger partial charge in [0.1, 0.15) is 11.8 Å². The van der Waals surface area contributed by atoms with Crippen molar-refractivity contribution in [3.05, 3.63) is 23.1 Å². The molecule has 0 amide bonds. The Kier molecular flexibility index (Phi) is 2.83. The van der Waals surface area contributed by atoms with E-state index in [1.807, 2.05) is 7.85 Å². The van der Waals surface area contributed by atoms with E-state index in [4.69, 9.17) is 16.3 Å². The molecule has 82 valence electrons. The highest BCUT2D eigenvalue weighted by Crippen LogP contribution is 2.18. The van der Waals surface area contributed by atoms with Crippen LogP contribution in [0, 0.1) is 0 Å². The van der Waals surface area contributed by atoms with Crippen molar-refractivity contribution in [2.75, 3.05) is 6.61 Å². The van der Waals surface area contributed by atoms with Gasteiger partial charge in [-0.25, -0.2) is 14.3 Å². The van der Waals surface area contributed by atoms with Gasteiger partial charge in [0.2, 0.25) is 0 Å². The first kappa shape index (κ1) is 10.9. The van der Waals surface area contributed by atoms with E-state index < -0.39 is 5.97 Å². The molecule has 0 spiro atoms. The summed E-state index contributed by atoms with van der Waals surface area (Å²) in [5.41, 5.74) is 1.69. The van der Waals surface area contributed by atoms with Gasteiger partial charge in [-0.3, -0.25) is 0 Å². The Morgan fingerprint density at radius 3 is 3.12 bits per heavy atom. The smallest absolute Gasteiger partial charge is 0.340 e. The highest BCUT2D eigenvalue weighted by atomic mass is 35.5. The highest BCUT2D eigenvalue weighted by Gasteiger charge is 2.18. The molecule has 0 unspecified atom stereocenters. The molecule has 0 N–H and O–H groups in total. The van der Waals surface area contributed by atoms with E-state index >= 15 is 0 Å². The molecule has 0 saturated carbocycles. The molecule has 0 aliphatic rings. The van der Waals surface area contributed by atoms with E-state index in [1.54, 1.807) is 17.5 Å². The number of esters is 1. The van der Waals surface area contributed by atoms with Crippen molar-refractivity contribution in [3.63, 3.8) is 0 Å². The second-order valence-electron chi connectivity index (χ2n) is 3.23. The Labute approximate surface area is 97.8 Å². The summed E-state index contributed by atoms with van der Waals surface area (Å²) in [5, 5.41) is 4.26. The zero-order chi connectivity index (χ0) is 11.7. The fraction of sp³-hybridized carbons (Fsp3) is 0.222. The number of carbonyl (C=O) groups is 1. The van der Waals surface area contributed by atoms with Crippen molar-refractivity contribution in [1.82, 2.24) is 14.6 Å². The summed E-state index contributed by atoms with van der Waals surface area (Å²) in [6, 6.07) is 1.69. The van der Waals surface area contributed by atoms with Crippen LogP contribution < -0.4 is 5.59 Å². The first-order valence-electron chi connectivity index (χ1n) is 4.81. The van der Waals surface area contributed by atoms with Crippen LogP contribution in [0.15, 0.2) is 12.4 Å². The minimum absolute atomic E-state index is 0.242. The lowest BCUT2D eigenvalue weighted by Crippen LogP contribution is -2.12. The molecule has 5 nitrogen and oxygen atoms in total. The van der Waals surface area contributed by atoms with Gasteiger partial charge in [-0.15, -0.1) is 0 Å². The van der Waals surface area contributed by atoms with Crippen LogP contribution in [0.3, 0.4) is 0 Å². The lowest BCUT2D eigenvalue weighted by atomic mass is 10.1. The Morgan fingerprint density at radius 2 is 2.44 bits per heavy atom. The Morgan fingerprint density at radius 1 is 1.69 bits per heavy atom. The average Bonchev–Trinajstić information content (AvgIpc) is 2.58. The lowest BCUT2D eigenvalue weighted by Gasteiger charge is -2.01. The molecule has 2 rings (SSSR count). The van der Waals surface area contributed by atoms with Gasteiger partial charge in [0.05, 0.1) is 12.2 Å². The van der Waals surface area contributed by atoms with Crippen molar-refractivity contribution in [2.24, 2.45) is 0 Å². The molecule has 0 radical (unpaired) electrons. The van der Waals surface area contributed by atoms with Crippen LogP contribution >= 0.6 is 11.6 Å². The zero-order valence-corrected chi connectivity index (χ0v) is 9.65. The maximum atomic E-state index is 11.7. The van der Waals surface area contributed by atoms with E-state index in [9.17, 15) is 4.79 Å². The summed E-state index contributed by atoms with van der Waals surface area (Å²) in [5.74, 6) is -0.412. The van der Waals surface area contributed by atoms with Gasteiger partial charge in [0, 0.05) is 0 Å². The predicted molar refractivity (Wildman–Crippen MR) is 62.1 cm³/mol. The van der Waals surface area contributed by atoms with Crippen molar-refractivity contribution in [3.8, 4) is 0 Å². The van der Waals surface area contributed by atoms with Gasteiger partial charge in [-0.2, -0.15) is 5.10 Å². The van der Waals surface area contributed by atoms with Gasteiger partial charge in [-0.1, -0.05) is 11.6 Å². The quantitative estimate of drug-likeness (QED) is 0.537. The number of halogens is 1. The number of rotatable bonds is 2. The molecule has 0 saturated heterocycles. The topological polar surface area (TPSA) is 56.5 Å². The van der Waals surface area contributed by atoms with E-state index in [-0.39, 0.29) is 5.15 Å². The second kappa shape index (κ2) is 4.13. The van der Waals surface area contributed by atoms with Crippen LogP contribution in [0.4, 0.5) is 0 Å². The molecule has 2 heterocycles. The van der Waals surface area contributed by atoms with Crippen molar-refractivity contribution < 1.29 is 9.53 Å². The summed E-state index contributed by atoms with van der Waals surface area (Å²) >= 11 is 5.94. The molecule has 7 heteroatoms. The molecule has 0 bridgehead atoms. The van der Waals surface area contributed by atoms with Crippen molar-refractivity contribution in [2.45, 2.75) is 6.92 Å². The summed E-state index contributed by atoms with van der Waals surface area (Å²) in [7, 11) is 1.83. The maximum absolute atomic E-state index is 11.7. The summed E-state index contributed by atoms with van der Waals surface area (Å²) in [4.78, 5) is 15.5. The Bertz CT molecular complexity index is 555. The number of ether oxygens (including phenoxy) is 1. The molecular weight excluding hydrogens is 228 g/mol. The monoisotopic (exact) mass is 237 g/mol. The van der Waals surface area contributed by atoms with Crippen LogP contribution in [-0.2, 0) is 4.74 Å². The zero-order valence-electron chi connectivity index (χ0n) is 8.90. The van der Waals surface area contributed by atoms with Gasteiger partial charge in [0.25, 0.3) is 0 Å². The van der Waals surface area contributed by atoms with Crippen molar-refractivity contribution in [1.29, 1.82) is 0 Å². The van der Waals surface area contributed by atoms with Gasteiger partial charge >= 0.3 is 5.97 Å². The number of nitrogens with zero attached hydrogens (tertiary/aromatic N) is 3. The fourth-order valence-electron chi connectivity index (χ4n) is 1.53. The SMILES string of the molecule is Bc1cc(C(=O)OCC)c2c(Cl)ncnn12. The number of fused-ring (bicyclic) bond motifs is 1. The van der Waals surface area contributed by atoms with E-state index in [0.717, 1.165) is 5.59 Å². The van der Waals surface area contributed by atoms with Crippen LogP contribution in [0.2, 0.25) is 5.15 Å².